The first kappa shape index (κ1) is 18.7. The van der Waals surface area contributed by atoms with Crippen LogP contribution in [-0.2, 0) is 6.42 Å². The van der Waals surface area contributed by atoms with Crippen LogP contribution in [0.3, 0.4) is 0 Å². The van der Waals surface area contributed by atoms with Crippen LogP contribution in [0.2, 0.25) is 0 Å². The first-order valence-electron chi connectivity index (χ1n) is 10.6. The molecule has 2 aliphatic carbocycles. The molecular formula is C24H35F. The van der Waals surface area contributed by atoms with Gasteiger partial charge in [0.1, 0.15) is 0 Å². The summed E-state index contributed by atoms with van der Waals surface area (Å²) in [5.74, 6) is 3.58. The van der Waals surface area contributed by atoms with E-state index in [1.165, 1.54) is 63.4 Å². The highest BCUT2D eigenvalue weighted by Gasteiger charge is 2.31. The molecule has 0 amide bonds. The molecule has 1 heteroatoms. The van der Waals surface area contributed by atoms with Crippen LogP contribution < -0.4 is 0 Å². The minimum atomic E-state index is 0.708. The van der Waals surface area contributed by atoms with Gasteiger partial charge in [-0.1, -0.05) is 50.1 Å². The van der Waals surface area contributed by atoms with E-state index >= 15 is 0 Å². The molecular weight excluding hydrogens is 307 g/mol. The molecule has 3 rings (SSSR count). The Balaban J connectivity index is 1.42. The van der Waals surface area contributed by atoms with Gasteiger partial charge in [-0.05, 0) is 92.6 Å². The van der Waals surface area contributed by atoms with Crippen molar-refractivity contribution in [2.24, 2.45) is 17.8 Å². The molecule has 0 heterocycles. The van der Waals surface area contributed by atoms with Crippen molar-refractivity contribution in [1.82, 2.24) is 0 Å². The molecule has 0 radical (unpaired) electrons. The van der Waals surface area contributed by atoms with Gasteiger partial charge in [-0.25, -0.2) is 4.39 Å². The standard InChI is InChI=1S/C24H35F/c1-2-19-6-10-21(11-7-19)23-14-16-24(17-15-23)22-12-8-20(9-13-22)5-3-4-18-25/h4,6-7,10-11,18,20,22-24H,2-3,5,8-9,12-17H2,1H3. The van der Waals surface area contributed by atoms with Crippen molar-refractivity contribution in [1.29, 1.82) is 0 Å². The van der Waals surface area contributed by atoms with Gasteiger partial charge < -0.3 is 0 Å². The van der Waals surface area contributed by atoms with Crippen molar-refractivity contribution in [2.75, 3.05) is 0 Å². The van der Waals surface area contributed by atoms with Crippen molar-refractivity contribution in [3.63, 3.8) is 0 Å². The number of hydrogen-bond donors (Lipinski definition) is 0. The first-order chi connectivity index (χ1) is 12.3. The number of allylic oxidation sites excluding steroid dienone is 1. The number of rotatable bonds is 6. The zero-order valence-corrected chi connectivity index (χ0v) is 15.9. The number of halogens is 1. The number of hydrogen-bond acceptors (Lipinski definition) is 0. The van der Waals surface area contributed by atoms with E-state index in [2.05, 4.69) is 31.2 Å². The molecule has 0 nitrogen and oxygen atoms in total. The van der Waals surface area contributed by atoms with Crippen molar-refractivity contribution < 1.29 is 4.39 Å². The maximum atomic E-state index is 12.1. The van der Waals surface area contributed by atoms with Gasteiger partial charge in [0, 0.05) is 0 Å². The van der Waals surface area contributed by atoms with Gasteiger partial charge in [0.25, 0.3) is 0 Å². The van der Waals surface area contributed by atoms with Gasteiger partial charge in [0.05, 0.1) is 6.33 Å². The van der Waals surface area contributed by atoms with Gasteiger partial charge in [-0.2, -0.15) is 0 Å². The molecule has 0 bridgehead atoms. The topological polar surface area (TPSA) is 0 Å². The van der Waals surface area contributed by atoms with Crippen LogP contribution in [0.15, 0.2) is 36.7 Å². The molecule has 25 heavy (non-hydrogen) atoms. The van der Waals surface area contributed by atoms with E-state index < -0.39 is 0 Å². The Hall–Kier alpha value is -1.11. The van der Waals surface area contributed by atoms with Crippen LogP contribution in [0.5, 0.6) is 0 Å². The third-order valence-electron chi connectivity index (χ3n) is 7.02. The van der Waals surface area contributed by atoms with E-state index in [4.69, 9.17) is 0 Å². The maximum Gasteiger partial charge on any atom is 0.0827 e. The fourth-order valence-corrected chi connectivity index (χ4v) is 5.29. The predicted molar refractivity (Wildman–Crippen MR) is 105 cm³/mol. The summed E-state index contributed by atoms with van der Waals surface area (Å²) in [6.07, 6.45) is 16.9. The van der Waals surface area contributed by atoms with Crippen LogP contribution in [0.1, 0.15) is 88.2 Å². The predicted octanol–water partition coefficient (Wildman–Crippen LogP) is 7.59. The lowest BCUT2D eigenvalue weighted by molar-refractivity contribution is 0.157. The summed E-state index contributed by atoms with van der Waals surface area (Å²) in [5.41, 5.74) is 3.02. The van der Waals surface area contributed by atoms with E-state index in [1.807, 2.05) is 0 Å². The van der Waals surface area contributed by atoms with Crippen LogP contribution in [0.25, 0.3) is 0 Å². The molecule has 138 valence electrons. The smallest absolute Gasteiger partial charge is 0.0827 e. The Morgan fingerprint density at radius 3 is 2.04 bits per heavy atom. The molecule has 0 N–H and O–H groups in total. The molecule has 0 aliphatic heterocycles. The van der Waals surface area contributed by atoms with Crippen LogP contribution >= 0.6 is 0 Å². The second kappa shape index (κ2) is 9.55. The highest BCUT2D eigenvalue weighted by Crippen LogP contribution is 2.44. The lowest BCUT2D eigenvalue weighted by Crippen LogP contribution is -2.25. The number of benzene rings is 1. The summed E-state index contributed by atoms with van der Waals surface area (Å²) in [7, 11) is 0. The minimum absolute atomic E-state index is 0.708. The van der Waals surface area contributed by atoms with E-state index in [9.17, 15) is 4.39 Å². The second-order valence-corrected chi connectivity index (χ2v) is 8.43. The van der Waals surface area contributed by atoms with Crippen molar-refractivity contribution in [3.8, 4) is 0 Å². The molecule has 0 aromatic heterocycles. The highest BCUT2D eigenvalue weighted by molar-refractivity contribution is 5.25. The molecule has 1 aromatic rings. The summed E-state index contributed by atoms with van der Waals surface area (Å²) in [6, 6.07) is 9.39. The van der Waals surface area contributed by atoms with E-state index in [0.717, 1.165) is 36.5 Å². The van der Waals surface area contributed by atoms with Gasteiger partial charge in [-0.3, -0.25) is 0 Å². The molecule has 0 saturated heterocycles. The van der Waals surface area contributed by atoms with Crippen molar-refractivity contribution in [3.05, 3.63) is 47.8 Å². The fourth-order valence-electron chi connectivity index (χ4n) is 5.29. The summed E-state index contributed by atoms with van der Waals surface area (Å²) in [4.78, 5) is 0. The normalized spacial score (nSPS) is 30.6. The first-order valence-corrected chi connectivity index (χ1v) is 10.6. The minimum Gasteiger partial charge on any atom is -0.216 e. The molecule has 1 aromatic carbocycles. The van der Waals surface area contributed by atoms with Gasteiger partial charge >= 0.3 is 0 Å². The third kappa shape index (κ3) is 5.19. The number of aryl methyl sites for hydroxylation is 1. The Morgan fingerprint density at radius 1 is 0.880 bits per heavy atom. The average Bonchev–Trinajstić information content (AvgIpc) is 2.69. The highest BCUT2D eigenvalue weighted by atomic mass is 19.1. The van der Waals surface area contributed by atoms with E-state index in [0.29, 0.717) is 6.33 Å². The Morgan fingerprint density at radius 2 is 1.48 bits per heavy atom. The van der Waals surface area contributed by atoms with E-state index in [-0.39, 0.29) is 0 Å². The Labute approximate surface area is 153 Å². The second-order valence-electron chi connectivity index (χ2n) is 8.43. The Bertz CT molecular complexity index is 514. The van der Waals surface area contributed by atoms with Crippen molar-refractivity contribution in [2.45, 2.75) is 83.5 Å². The SMILES string of the molecule is CCc1ccc(C2CCC(C3CCC(CCC=CF)CC3)CC2)cc1. The quantitative estimate of drug-likeness (QED) is 0.499. The summed E-state index contributed by atoms with van der Waals surface area (Å²) in [6.45, 7) is 2.23. The molecule has 2 saturated carbocycles. The fraction of sp³-hybridized carbons (Fsp3) is 0.667. The zero-order chi connectivity index (χ0) is 17.5. The molecule has 0 unspecified atom stereocenters. The van der Waals surface area contributed by atoms with Gasteiger partial charge in [0.15, 0.2) is 0 Å². The summed E-state index contributed by atoms with van der Waals surface area (Å²) < 4.78 is 12.1. The molecule has 0 spiro atoms. The largest absolute Gasteiger partial charge is 0.216 e. The van der Waals surface area contributed by atoms with Crippen LogP contribution in [0, 0.1) is 17.8 Å². The third-order valence-corrected chi connectivity index (χ3v) is 7.02. The summed E-state index contributed by atoms with van der Waals surface area (Å²) >= 11 is 0. The van der Waals surface area contributed by atoms with E-state index in [1.54, 1.807) is 11.6 Å². The maximum absolute atomic E-state index is 12.1. The monoisotopic (exact) mass is 342 g/mol. The van der Waals surface area contributed by atoms with Crippen molar-refractivity contribution >= 4 is 0 Å². The van der Waals surface area contributed by atoms with Gasteiger partial charge in [0.2, 0.25) is 0 Å². The van der Waals surface area contributed by atoms with Gasteiger partial charge in [-0.15, -0.1) is 0 Å². The zero-order valence-electron chi connectivity index (χ0n) is 15.9. The van der Waals surface area contributed by atoms with Crippen LogP contribution in [0.4, 0.5) is 4.39 Å². The molecule has 0 atom stereocenters. The Kier molecular flexibility index (Phi) is 7.13. The van der Waals surface area contributed by atoms with Crippen LogP contribution in [-0.4, -0.2) is 0 Å². The molecule has 2 fully saturated rings. The lowest BCUT2D eigenvalue weighted by atomic mass is 9.68. The average molecular weight is 343 g/mol. The molecule has 2 aliphatic rings. The lowest BCUT2D eigenvalue weighted by Gasteiger charge is -2.38. The summed E-state index contributed by atoms with van der Waals surface area (Å²) in [5, 5.41) is 0.